The lowest BCUT2D eigenvalue weighted by Crippen LogP contribution is -2.41. The van der Waals surface area contributed by atoms with Crippen molar-refractivity contribution in [1.82, 2.24) is 4.98 Å². The van der Waals surface area contributed by atoms with Crippen LogP contribution < -0.4 is 4.90 Å². The summed E-state index contributed by atoms with van der Waals surface area (Å²) in [5.41, 5.74) is -0.683. The molecule has 1 amide bonds. The van der Waals surface area contributed by atoms with Crippen LogP contribution >= 0.6 is 22.9 Å². The molecule has 1 aliphatic rings. The van der Waals surface area contributed by atoms with Crippen LogP contribution in [0.1, 0.15) is 27.2 Å². The van der Waals surface area contributed by atoms with Gasteiger partial charge < -0.3 is 10.0 Å². The predicted molar refractivity (Wildman–Crippen MR) is 104 cm³/mol. The number of nitrogens with zero attached hydrogens (tertiary/aromatic N) is 2. The Morgan fingerprint density at radius 2 is 2.11 bits per heavy atom. The van der Waals surface area contributed by atoms with Gasteiger partial charge in [0.15, 0.2) is 11.4 Å². The minimum absolute atomic E-state index is 0.328. The molecular formula is C20H15ClN2O3S. The number of amides is 1. The number of carbonyl (C=O) groups excluding carboxylic acids is 2. The number of halogens is 1. The number of Topliss-reactive ketones (excluding diaryl/α,β-unsaturated/α-hetero) is 1. The summed E-state index contributed by atoms with van der Waals surface area (Å²) in [7, 11) is 0. The number of hydrogen-bond acceptors (Lipinski definition) is 5. The fourth-order valence-electron chi connectivity index (χ4n) is 3.27. The average Bonchev–Trinajstić information content (AvgIpc) is 3.25. The molecule has 1 aromatic carbocycles. The van der Waals surface area contributed by atoms with E-state index >= 15 is 0 Å². The first-order chi connectivity index (χ1) is 13.0. The highest BCUT2D eigenvalue weighted by atomic mass is 35.5. The van der Waals surface area contributed by atoms with Crippen LogP contribution in [0.25, 0.3) is 0 Å². The molecule has 0 saturated carbocycles. The van der Waals surface area contributed by atoms with Gasteiger partial charge >= 0.3 is 0 Å². The lowest BCUT2D eigenvalue weighted by atomic mass is 9.88. The number of benzene rings is 1. The summed E-state index contributed by atoms with van der Waals surface area (Å²) in [4.78, 5) is 32.2. The van der Waals surface area contributed by atoms with Crippen LogP contribution in [0.15, 0.2) is 60.2 Å². The maximum Gasteiger partial charge on any atom is 0.264 e. The Kier molecular flexibility index (Phi) is 4.55. The number of aromatic nitrogens is 1. The highest BCUT2D eigenvalue weighted by Crippen LogP contribution is 2.44. The summed E-state index contributed by atoms with van der Waals surface area (Å²) >= 11 is 7.63. The van der Waals surface area contributed by atoms with E-state index in [4.69, 9.17) is 11.6 Å². The third kappa shape index (κ3) is 3.16. The van der Waals surface area contributed by atoms with E-state index in [1.54, 1.807) is 36.5 Å². The summed E-state index contributed by atoms with van der Waals surface area (Å²) in [6.07, 6.45) is 2.61. The Hall–Kier alpha value is -2.54. The van der Waals surface area contributed by atoms with Crippen LogP contribution in [0.2, 0.25) is 5.02 Å². The smallest absolute Gasteiger partial charge is 0.264 e. The van der Waals surface area contributed by atoms with Crippen molar-refractivity contribution in [3.05, 3.63) is 81.3 Å². The number of anilines is 1. The van der Waals surface area contributed by atoms with Gasteiger partial charge in [-0.2, -0.15) is 0 Å². The second-order valence-electron chi connectivity index (χ2n) is 6.33. The normalized spacial score (nSPS) is 18.6. The van der Waals surface area contributed by atoms with E-state index in [0.717, 1.165) is 4.88 Å². The third-order valence-electron chi connectivity index (χ3n) is 4.59. The van der Waals surface area contributed by atoms with Gasteiger partial charge in [0.25, 0.3) is 5.91 Å². The van der Waals surface area contributed by atoms with Crippen molar-refractivity contribution in [3.8, 4) is 0 Å². The summed E-state index contributed by atoms with van der Waals surface area (Å²) in [5.74, 6) is -0.881. The molecule has 2 aromatic heterocycles. The Labute approximate surface area is 164 Å². The molecule has 5 nitrogen and oxygen atoms in total. The van der Waals surface area contributed by atoms with E-state index in [0.29, 0.717) is 28.4 Å². The van der Waals surface area contributed by atoms with E-state index in [1.165, 1.54) is 22.4 Å². The van der Waals surface area contributed by atoms with Crippen LogP contribution in [0.5, 0.6) is 0 Å². The maximum absolute atomic E-state index is 13.2. The van der Waals surface area contributed by atoms with Gasteiger partial charge in [-0.3, -0.25) is 14.6 Å². The molecule has 0 bridgehead atoms. The molecule has 3 aromatic rings. The summed E-state index contributed by atoms with van der Waals surface area (Å²) in [5, 5.41) is 13.6. The van der Waals surface area contributed by atoms with Crippen molar-refractivity contribution in [2.75, 3.05) is 4.90 Å². The second-order valence-corrected chi connectivity index (χ2v) is 7.80. The number of hydrogen-bond donors (Lipinski definition) is 1. The summed E-state index contributed by atoms with van der Waals surface area (Å²) in [6.45, 7) is 0.328. The molecule has 1 atom stereocenters. The summed E-state index contributed by atoms with van der Waals surface area (Å²) in [6, 6.07) is 12.0. The molecule has 136 valence electrons. The van der Waals surface area contributed by atoms with E-state index in [9.17, 15) is 14.7 Å². The first-order valence-electron chi connectivity index (χ1n) is 8.29. The number of pyridine rings is 1. The molecule has 0 unspecified atom stereocenters. The Morgan fingerprint density at radius 3 is 2.81 bits per heavy atom. The minimum Gasteiger partial charge on any atom is -0.375 e. The van der Waals surface area contributed by atoms with Crippen LogP contribution in [0.4, 0.5) is 5.69 Å². The largest absolute Gasteiger partial charge is 0.375 e. The number of rotatable bonds is 5. The lowest BCUT2D eigenvalue weighted by Gasteiger charge is -2.22. The van der Waals surface area contributed by atoms with Crippen LogP contribution in [-0.2, 0) is 16.9 Å². The molecule has 27 heavy (non-hydrogen) atoms. The fourth-order valence-corrected chi connectivity index (χ4v) is 4.14. The SMILES string of the molecule is O=C(C[C@@]1(O)C(=O)N(Cc2cccs2)c2ccc(Cl)cc21)c1cccnc1. The van der Waals surface area contributed by atoms with E-state index < -0.39 is 11.5 Å². The molecule has 7 heteroatoms. The van der Waals surface area contributed by atoms with Gasteiger partial charge in [0, 0.05) is 33.4 Å². The van der Waals surface area contributed by atoms with Gasteiger partial charge in [-0.05, 0) is 41.8 Å². The van der Waals surface area contributed by atoms with Crippen molar-refractivity contribution in [2.24, 2.45) is 0 Å². The molecule has 0 radical (unpaired) electrons. The van der Waals surface area contributed by atoms with Crippen LogP contribution in [0.3, 0.4) is 0 Å². The second kappa shape index (κ2) is 6.88. The Balaban J connectivity index is 1.73. The third-order valence-corrected chi connectivity index (χ3v) is 5.68. The zero-order chi connectivity index (χ0) is 19.0. The monoisotopic (exact) mass is 398 g/mol. The summed E-state index contributed by atoms with van der Waals surface area (Å²) < 4.78 is 0. The highest BCUT2D eigenvalue weighted by molar-refractivity contribution is 7.09. The molecular weight excluding hydrogens is 384 g/mol. The molecule has 0 fully saturated rings. The molecule has 0 aliphatic carbocycles. The zero-order valence-electron chi connectivity index (χ0n) is 14.1. The maximum atomic E-state index is 13.2. The minimum atomic E-state index is -1.95. The molecule has 3 heterocycles. The highest BCUT2D eigenvalue weighted by Gasteiger charge is 2.51. The van der Waals surface area contributed by atoms with Crippen molar-refractivity contribution < 1.29 is 14.7 Å². The first-order valence-corrected chi connectivity index (χ1v) is 9.55. The Bertz CT molecular complexity index is 1010. The fraction of sp³-hybridized carbons (Fsp3) is 0.150. The van der Waals surface area contributed by atoms with Crippen LogP contribution in [0, 0.1) is 0 Å². The van der Waals surface area contributed by atoms with Crippen molar-refractivity contribution in [3.63, 3.8) is 0 Å². The zero-order valence-corrected chi connectivity index (χ0v) is 15.7. The van der Waals surface area contributed by atoms with Gasteiger partial charge in [0.2, 0.25) is 0 Å². The van der Waals surface area contributed by atoms with Crippen molar-refractivity contribution >= 4 is 40.3 Å². The average molecular weight is 399 g/mol. The number of fused-ring (bicyclic) bond motifs is 1. The van der Waals surface area contributed by atoms with E-state index in [1.807, 2.05) is 17.5 Å². The number of aliphatic hydroxyl groups is 1. The van der Waals surface area contributed by atoms with E-state index in [2.05, 4.69) is 4.98 Å². The van der Waals surface area contributed by atoms with Gasteiger partial charge in [0.1, 0.15) is 0 Å². The van der Waals surface area contributed by atoms with E-state index in [-0.39, 0.29) is 12.2 Å². The lowest BCUT2D eigenvalue weighted by molar-refractivity contribution is -0.136. The molecule has 4 rings (SSSR count). The number of ketones is 1. The number of carbonyl (C=O) groups is 2. The van der Waals surface area contributed by atoms with Crippen molar-refractivity contribution in [2.45, 2.75) is 18.6 Å². The van der Waals surface area contributed by atoms with Gasteiger partial charge in [-0.15, -0.1) is 11.3 Å². The van der Waals surface area contributed by atoms with Crippen LogP contribution in [-0.4, -0.2) is 21.8 Å². The first kappa shape index (κ1) is 17.9. The molecule has 0 spiro atoms. The molecule has 0 saturated heterocycles. The molecule has 1 N–H and O–H groups in total. The quantitative estimate of drug-likeness (QED) is 0.663. The predicted octanol–water partition coefficient (Wildman–Crippen LogP) is 3.80. The Morgan fingerprint density at radius 1 is 1.26 bits per heavy atom. The topological polar surface area (TPSA) is 70.5 Å². The standard InChI is InChI=1S/C20H15ClN2O3S/c21-14-5-6-17-16(9-14)20(26,10-18(24)13-3-1-7-22-11-13)19(25)23(17)12-15-4-2-8-27-15/h1-9,11,26H,10,12H2/t20-/m0/s1. The van der Waals surface area contributed by atoms with Gasteiger partial charge in [0.05, 0.1) is 18.7 Å². The van der Waals surface area contributed by atoms with Gasteiger partial charge in [-0.25, -0.2) is 0 Å². The molecule has 1 aliphatic heterocycles. The van der Waals surface area contributed by atoms with Crippen molar-refractivity contribution in [1.29, 1.82) is 0 Å². The van der Waals surface area contributed by atoms with Gasteiger partial charge in [-0.1, -0.05) is 17.7 Å². The number of thiophene rings is 1.